The zero-order valence-electron chi connectivity index (χ0n) is 30.2. The van der Waals surface area contributed by atoms with Crippen molar-refractivity contribution >= 4 is 21.8 Å². The molecule has 0 amide bonds. The van der Waals surface area contributed by atoms with Crippen molar-refractivity contribution in [1.29, 1.82) is 0 Å². The second-order valence-electron chi connectivity index (χ2n) is 14.7. The first-order valence-corrected chi connectivity index (χ1v) is 17.3. The number of pyridine rings is 1. The molecule has 0 aliphatic heterocycles. The number of fused-ring (bicyclic) bond motifs is 3. The quantitative estimate of drug-likeness (QED) is 0.143. The average Bonchev–Trinajstić information content (AvgIpc) is 3.55. The number of benzene rings is 4. The molecule has 0 atom stereocenters. The van der Waals surface area contributed by atoms with Crippen LogP contribution in [-0.4, -0.2) is 19.3 Å². The Balaban J connectivity index is 0.00000432. The van der Waals surface area contributed by atoms with Crippen LogP contribution in [0, 0.1) is 38.8 Å². The number of aromatic nitrogens is 4. The van der Waals surface area contributed by atoms with Crippen molar-refractivity contribution in [2.75, 3.05) is 0 Å². The van der Waals surface area contributed by atoms with Gasteiger partial charge in [0.25, 0.3) is 0 Å². The number of aryl methyl sites for hydroxylation is 3. The van der Waals surface area contributed by atoms with Gasteiger partial charge in [-0.3, -0.25) is 4.68 Å². The summed E-state index contributed by atoms with van der Waals surface area (Å²) in [6.45, 7) is 17.5. The van der Waals surface area contributed by atoms with E-state index in [4.69, 9.17) is 14.8 Å². The second kappa shape index (κ2) is 14.0. The molecule has 0 radical (unpaired) electrons. The summed E-state index contributed by atoms with van der Waals surface area (Å²) in [5.74, 6) is 2.77. The van der Waals surface area contributed by atoms with Crippen molar-refractivity contribution in [3.8, 4) is 34.1 Å². The number of rotatable bonds is 8. The molecule has 0 bridgehead atoms. The Morgan fingerprint density at radius 3 is 2.32 bits per heavy atom. The number of hydrogen-bond acceptors (Lipinski definition) is 3. The molecule has 7 rings (SSSR count). The molecule has 3 aromatic heterocycles. The minimum absolute atomic E-state index is 0. The molecule has 5 nitrogen and oxygen atoms in total. The Morgan fingerprint density at radius 1 is 0.820 bits per heavy atom. The van der Waals surface area contributed by atoms with Gasteiger partial charge in [-0.05, 0) is 90.9 Å². The SMILES string of the molecule is Cc1ccnc(-n2c3[c-]c(Oc4[c-]c(-n5nc(C)c(-c6ccccc6)c5C)cc(C(C)(C)C)c4)ccc3c3cc(CCC(C)C)ccc32)c1.[Pt+2]. The molecule has 0 saturated heterocycles. The molecule has 0 aliphatic carbocycles. The van der Waals surface area contributed by atoms with Crippen LogP contribution in [0.2, 0.25) is 0 Å². The second-order valence-corrected chi connectivity index (χ2v) is 14.7. The smallest absolute Gasteiger partial charge is 0.509 e. The Morgan fingerprint density at radius 2 is 1.60 bits per heavy atom. The van der Waals surface area contributed by atoms with Gasteiger partial charge in [0.1, 0.15) is 5.82 Å². The van der Waals surface area contributed by atoms with Gasteiger partial charge in [0, 0.05) is 34.5 Å². The minimum Gasteiger partial charge on any atom is -0.509 e. The molecule has 50 heavy (non-hydrogen) atoms. The Hall–Kier alpha value is -4.47. The molecule has 0 saturated carbocycles. The van der Waals surface area contributed by atoms with Crippen LogP contribution in [0.15, 0.2) is 91.1 Å². The zero-order chi connectivity index (χ0) is 34.4. The first kappa shape index (κ1) is 35.4. The van der Waals surface area contributed by atoms with Crippen molar-refractivity contribution in [2.45, 2.75) is 73.6 Å². The largest absolute Gasteiger partial charge is 2.00 e. The van der Waals surface area contributed by atoms with Gasteiger partial charge < -0.3 is 9.30 Å². The Kier molecular flexibility index (Phi) is 9.93. The maximum atomic E-state index is 6.66. The minimum atomic E-state index is -0.121. The number of nitrogens with zero attached hydrogens (tertiary/aromatic N) is 4. The van der Waals surface area contributed by atoms with E-state index in [1.807, 2.05) is 29.1 Å². The van der Waals surface area contributed by atoms with Crippen LogP contribution < -0.4 is 4.74 Å². The summed E-state index contributed by atoms with van der Waals surface area (Å²) < 4.78 is 10.9. The maximum Gasteiger partial charge on any atom is 2.00 e. The molecule has 3 heterocycles. The maximum absolute atomic E-state index is 6.66. The van der Waals surface area contributed by atoms with Gasteiger partial charge in [-0.15, -0.1) is 41.3 Å². The van der Waals surface area contributed by atoms with Gasteiger partial charge in [-0.2, -0.15) is 11.2 Å². The third kappa shape index (κ3) is 6.94. The fourth-order valence-electron chi connectivity index (χ4n) is 6.67. The summed E-state index contributed by atoms with van der Waals surface area (Å²) in [6.07, 6.45) is 4.08. The van der Waals surface area contributed by atoms with E-state index >= 15 is 0 Å². The van der Waals surface area contributed by atoms with Gasteiger partial charge >= 0.3 is 21.1 Å². The van der Waals surface area contributed by atoms with Crippen LogP contribution in [0.3, 0.4) is 0 Å². The molecule has 0 spiro atoms. The van der Waals surface area contributed by atoms with E-state index in [0.29, 0.717) is 17.4 Å². The van der Waals surface area contributed by atoms with E-state index in [0.717, 1.165) is 74.4 Å². The molecule has 6 heteroatoms. The predicted octanol–water partition coefficient (Wildman–Crippen LogP) is 11.2. The van der Waals surface area contributed by atoms with Crippen LogP contribution in [-0.2, 0) is 32.9 Å². The average molecular weight is 840 g/mol. The van der Waals surface area contributed by atoms with Crippen LogP contribution in [0.4, 0.5) is 0 Å². The van der Waals surface area contributed by atoms with Crippen LogP contribution in [0.5, 0.6) is 11.5 Å². The molecule has 0 unspecified atom stereocenters. The van der Waals surface area contributed by atoms with Crippen molar-refractivity contribution in [2.24, 2.45) is 5.92 Å². The first-order valence-electron chi connectivity index (χ1n) is 17.3. The van der Waals surface area contributed by atoms with Crippen molar-refractivity contribution < 1.29 is 25.8 Å². The van der Waals surface area contributed by atoms with Crippen LogP contribution in [0.25, 0.3) is 44.4 Å². The topological polar surface area (TPSA) is 44.9 Å². The van der Waals surface area contributed by atoms with Gasteiger partial charge in [-0.1, -0.05) is 82.6 Å². The van der Waals surface area contributed by atoms with Crippen LogP contribution >= 0.6 is 0 Å². The van der Waals surface area contributed by atoms with E-state index in [1.165, 1.54) is 10.9 Å². The van der Waals surface area contributed by atoms with E-state index in [1.54, 1.807) is 0 Å². The predicted molar refractivity (Wildman–Crippen MR) is 201 cm³/mol. The molecule has 0 aliphatic rings. The summed E-state index contributed by atoms with van der Waals surface area (Å²) in [7, 11) is 0. The molecular weight excluding hydrogens is 796 g/mol. The first-order chi connectivity index (χ1) is 23.5. The van der Waals surface area contributed by atoms with E-state index in [2.05, 4.69) is 139 Å². The Bertz CT molecular complexity index is 2310. The summed E-state index contributed by atoms with van der Waals surface area (Å²) >= 11 is 0. The third-order valence-electron chi connectivity index (χ3n) is 9.35. The standard InChI is InChI=1S/C44H44N4O.Pt/c1-28(2)14-15-32-16-19-40-39(23-32)38-18-17-36(27-41(38)47(40)42-22-29(3)20-21-45-42)49-37-25-34(44(6,7)8)24-35(26-37)48-31(5)43(30(4)46-48)33-12-10-9-11-13-33;/h9-13,16-25,28H,14-15H2,1-8H3;/q-2;+2. The Labute approximate surface area is 310 Å². The number of ether oxygens (including phenoxy) is 1. The zero-order valence-corrected chi connectivity index (χ0v) is 32.4. The van der Waals surface area contributed by atoms with E-state index in [9.17, 15) is 0 Å². The van der Waals surface area contributed by atoms with Gasteiger partial charge in [-0.25, -0.2) is 4.98 Å². The van der Waals surface area contributed by atoms with E-state index in [-0.39, 0.29) is 26.5 Å². The third-order valence-corrected chi connectivity index (χ3v) is 9.35. The summed E-state index contributed by atoms with van der Waals surface area (Å²) in [5.41, 5.74) is 10.7. The summed E-state index contributed by atoms with van der Waals surface area (Å²) in [4.78, 5) is 4.79. The molecule has 4 aromatic carbocycles. The molecule has 0 fully saturated rings. The summed E-state index contributed by atoms with van der Waals surface area (Å²) in [5, 5.41) is 7.31. The molecule has 256 valence electrons. The molecule has 0 N–H and O–H groups in total. The van der Waals surface area contributed by atoms with Crippen molar-refractivity contribution in [3.05, 3.63) is 131 Å². The van der Waals surface area contributed by atoms with Gasteiger partial charge in [0.05, 0.1) is 5.69 Å². The van der Waals surface area contributed by atoms with Gasteiger partial charge in [0.15, 0.2) is 0 Å². The van der Waals surface area contributed by atoms with E-state index < -0.39 is 0 Å². The molecule has 7 aromatic rings. The normalized spacial score (nSPS) is 11.8. The van der Waals surface area contributed by atoms with Crippen molar-refractivity contribution in [1.82, 2.24) is 19.3 Å². The monoisotopic (exact) mass is 839 g/mol. The molecular formula is C44H44N4OPt. The number of hydrogen-bond donors (Lipinski definition) is 0. The van der Waals surface area contributed by atoms with Crippen LogP contribution in [0.1, 0.15) is 69.1 Å². The summed E-state index contributed by atoms with van der Waals surface area (Å²) in [6, 6.07) is 37.0. The fraction of sp³-hybridized carbons (Fsp3) is 0.273. The fourth-order valence-corrected chi connectivity index (χ4v) is 6.67. The van der Waals surface area contributed by atoms with Crippen molar-refractivity contribution in [3.63, 3.8) is 0 Å². The van der Waals surface area contributed by atoms with Gasteiger partial charge in [0.2, 0.25) is 0 Å².